The van der Waals surface area contributed by atoms with Gasteiger partial charge in [0.15, 0.2) is 5.65 Å². The Morgan fingerprint density at radius 3 is 3.06 bits per heavy atom. The van der Waals surface area contributed by atoms with E-state index >= 15 is 0 Å². The van der Waals surface area contributed by atoms with Gasteiger partial charge in [0.05, 0.1) is 6.20 Å². The van der Waals surface area contributed by atoms with Gasteiger partial charge in [-0.3, -0.25) is 0 Å². The normalized spacial score (nSPS) is 11.4. The Kier molecular flexibility index (Phi) is 3.31. The lowest BCUT2D eigenvalue weighted by atomic mass is 10.6. The van der Waals surface area contributed by atoms with Gasteiger partial charge in [0.2, 0.25) is 0 Å². The molecule has 0 aliphatic rings. The van der Waals surface area contributed by atoms with Crippen molar-refractivity contribution >= 4 is 23.2 Å². The maximum absolute atomic E-state index is 5.73. The van der Waals surface area contributed by atoms with E-state index in [2.05, 4.69) is 29.0 Å². The van der Waals surface area contributed by atoms with Gasteiger partial charge in [-0.25, -0.2) is 9.97 Å². The van der Waals surface area contributed by atoms with Crippen LogP contribution in [0.2, 0.25) is 0 Å². The fourth-order valence-electron chi connectivity index (χ4n) is 1.34. The van der Waals surface area contributed by atoms with Crippen LogP contribution in [0.1, 0.15) is 0 Å². The van der Waals surface area contributed by atoms with E-state index in [1.807, 2.05) is 10.6 Å². The molecule has 6 heteroatoms. The van der Waals surface area contributed by atoms with Gasteiger partial charge in [-0.05, 0) is 14.1 Å². The molecule has 0 amide bonds. The number of nitrogen functional groups attached to an aromatic ring is 1. The molecule has 2 N–H and O–H groups in total. The van der Waals surface area contributed by atoms with Gasteiger partial charge in [0, 0.05) is 24.7 Å². The predicted octanol–water partition coefficient (Wildman–Crippen LogP) is 0.965. The second-order valence-electron chi connectivity index (χ2n) is 3.78. The molecule has 0 aliphatic carbocycles. The molecule has 16 heavy (non-hydrogen) atoms. The number of hydrogen-bond acceptors (Lipinski definition) is 5. The third-order valence-corrected chi connectivity index (χ3v) is 3.07. The van der Waals surface area contributed by atoms with Crippen molar-refractivity contribution in [3.05, 3.63) is 18.6 Å². The highest BCUT2D eigenvalue weighted by molar-refractivity contribution is 7.99. The van der Waals surface area contributed by atoms with E-state index in [9.17, 15) is 0 Å². The monoisotopic (exact) mass is 237 g/mol. The average molecular weight is 237 g/mol. The molecule has 0 saturated carbocycles. The third kappa shape index (κ3) is 2.45. The van der Waals surface area contributed by atoms with Crippen LogP contribution < -0.4 is 5.73 Å². The number of nitrogens with zero attached hydrogens (tertiary/aromatic N) is 4. The summed E-state index contributed by atoms with van der Waals surface area (Å²) in [6, 6.07) is 0. The molecule has 0 atom stereocenters. The fraction of sp³-hybridized carbons (Fsp3) is 0.400. The van der Waals surface area contributed by atoms with E-state index in [4.69, 9.17) is 5.73 Å². The highest BCUT2D eigenvalue weighted by Crippen LogP contribution is 2.21. The molecule has 2 heterocycles. The molecule has 2 aromatic rings. The van der Waals surface area contributed by atoms with Crippen LogP contribution in [0.15, 0.2) is 23.6 Å². The van der Waals surface area contributed by atoms with Crippen LogP contribution in [-0.4, -0.2) is 45.7 Å². The van der Waals surface area contributed by atoms with Crippen LogP contribution in [0, 0.1) is 0 Å². The lowest BCUT2D eigenvalue weighted by Gasteiger charge is -2.09. The Morgan fingerprint density at radius 2 is 2.31 bits per heavy atom. The zero-order valence-electron chi connectivity index (χ0n) is 9.42. The summed E-state index contributed by atoms with van der Waals surface area (Å²) in [5.41, 5.74) is 6.61. The van der Waals surface area contributed by atoms with Crippen molar-refractivity contribution in [3.8, 4) is 0 Å². The number of rotatable bonds is 4. The Morgan fingerprint density at radius 1 is 1.50 bits per heavy atom. The van der Waals surface area contributed by atoms with Crippen LogP contribution in [0.5, 0.6) is 0 Å². The highest BCUT2D eigenvalue weighted by atomic mass is 32.2. The molecule has 0 aliphatic heterocycles. The SMILES string of the molecule is CN(C)CCSc1nc(N)cn2ccnc12. The summed E-state index contributed by atoms with van der Waals surface area (Å²) in [4.78, 5) is 10.7. The number of hydrogen-bond donors (Lipinski definition) is 1. The fourth-order valence-corrected chi connectivity index (χ4v) is 2.45. The van der Waals surface area contributed by atoms with Gasteiger partial charge in [-0.2, -0.15) is 0 Å². The first kappa shape index (κ1) is 11.2. The summed E-state index contributed by atoms with van der Waals surface area (Å²) in [6.45, 7) is 1.01. The van der Waals surface area contributed by atoms with E-state index in [1.54, 1.807) is 24.2 Å². The molecule has 0 fully saturated rings. The summed E-state index contributed by atoms with van der Waals surface area (Å²) >= 11 is 1.68. The Bertz CT molecular complexity index is 479. The molecule has 86 valence electrons. The van der Waals surface area contributed by atoms with Gasteiger partial charge in [-0.1, -0.05) is 0 Å². The van der Waals surface area contributed by atoms with Gasteiger partial charge >= 0.3 is 0 Å². The largest absolute Gasteiger partial charge is 0.382 e. The Labute approximate surface area is 98.7 Å². The Balaban J connectivity index is 2.19. The molecule has 2 rings (SSSR count). The molecule has 0 unspecified atom stereocenters. The molecule has 2 aromatic heterocycles. The number of nitrogens with two attached hydrogens (primary N) is 1. The number of imidazole rings is 1. The minimum absolute atomic E-state index is 0.526. The molecule has 0 spiro atoms. The lowest BCUT2D eigenvalue weighted by Crippen LogP contribution is -2.15. The lowest BCUT2D eigenvalue weighted by molar-refractivity contribution is 0.437. The topological polar surface area (TPSA) is 59.5 Å². The Hall–Kier alpha value is -1.27. The van der Waals surface area contributed by atoms with E-state index < -0.39 is 0 Å². The van der Waals surface area contributed by atoms with Crippen molar-refractivity contribution in [2.45, 2.75) is 5.03 Å². The number of aromatic nitrogens is 3. The van der Waals surface area contributed by atoms with Crippen molar-refractivity contribution in [2.24, 2.45) is 0 Å². The van der Waals surface area contributed by atoms with Crippen molar-refractivity contribution in [3.63, 3.8) is 0 Å². The van der Waals surface area contributed by atoms with Crippen molar-refractivity contribution in [2.75, 3.05) is 32.1 Å². The average Bonchev–Trinajstić information content (AvgIpc) is 2.64. The quantitative estimate of drug-likeness (QED) is 0.803. The first-order chi connectivity index (χ1) is 7.66. The van der Waals surface area contributed by atoms with Crippen LogP contribution in [0.3, 0.4) is 0 Å². The first-order valence-corrected chi connectivity index (χ1v) is 6.02. The summed E-state index contributed by atoms with van der Waals surface area (Å²) in [6.07, 6.45) is 5.41. The third-order valence-electron chi connectivity index (χ3n) is 2.14. The minimum atomic E-state index is 0.526. The van der Waals surface area contributed by atoms with Crippen LogP contribution in [-0.2, 0) is 0 Å². The number of anilines is 1. The summed E-state index contributed by atoms with van der Waals surface area (Å²) in [7, 11) is 4.11. The number of fused-ring (bicyclic) bond motifs is 1. The molecule has 0 aromatic carbocycles. The van der Waals surface area contributed by atoms with E-state index in [-0.39, 0.29) is 0 Å². The molecular formula is C10H15N5S. The van der Waals surface area contributed by atoms with Gasteiger partial charge < -0.3 is 15.0 Å². The standard InChI is InChI=1S/C10H15N5S/c1-14(2)5-6-16-10-9-12-3-4-15(9)7-8(11)13-10/h3-4,7H,5-6,11H2,1-2H3. The van der Waals surface area contributed by atoms with Crippen LogP contribution >= 0.6 is 11.8 Å². The molecule has 0 bridgehead atoms. The minimum Gasteiger partial charge on any atom is -0.382 e. The van der Waals surface area contributed by atoms with Crippen molar-refractivity contribution < 1.29 is 0 Å². The van der Waals surface area contributed by atoms with E-state index in [0.717, 1.165) is 23.0 Å². The summed E-state index contributed by atoms with van der Waals surface area (Å²) in [5.74, 6) is 1.50. The second kappa shape index (κ2) is 4.71. The maximum atomic E-state index is 5.73. The molecule has 5 nitrogen and oxygen atoms in total. The van der Waals surface area contributed by atoms with Gasteiger partial charge in [-0.15, -0.1) is 11.8 Å². The van der Waals surface area contributed by atoms with Gasteiger partial charge in [0.1, 0.15) is 10.8 Å². The molecule has 0 radical (unpaired) electrons. The smallest absolute Gasteiger partial charge is 0.169 e. The van der Waals surface area contributed by atoms with Crippen LogP contribution in [0.25, 0.3) is 5.65 Å². The number of thioether (sulfide) groups is 1. The second-order valence-corrected chi connectivity index (χ2v) is 4.86. The van der Waals surface area contributed by atoms with E-state index in [0.29, 0.717) is 5.82 Å². The zero-order valence-corrected chi connectivity index (χ0v) is 10.2. The summed E-state index contributed by atoms with van der Waals surface area (Å²) < 4.78 is 1.90. The highest BCUT2D eigenvalue weighted by Gasteiger charge is 2.06. The molecule has 0 saturated heterocycles. The maximum Gasteiger partial charge on any atom is 0.169 e. The van der Waals surface area contributed by atoms with Crippen LogP contribution in [0.4, 0.5) is 5.82 Å². The first-order valence-electron chi connectivity index (χ1n) is 5.03. The van der Waals surface area contributed by atoms with Crippen molar-refractivity contribution in [1.29, 1.82) is 0 Å². The zero-order chi connectivity index (χ0) is 11.5. The van der Waals surface area contributed by atoms with E-state index in [1.165, 1.54) is 0 Å². The van der Waals surface area contributed by atoms with Gasteiger partial charge in [0.25, 0.3) is 0 Å². The molecular weight excluding hydrogens is 222 g/mol. The summed E-state index contributed by atoms with van der Waals surface area (Å²) in [5, 5.41) is 0.895. The van der Waals surface area contributed by atoms with Crippen molar-refractivity contribution in [1.82, 2.24) is 19.3 Å². The predicted molar refractivity (Wildman–Crippen MR) is 66.7 cm³/mol.